The smallest absolute Gasteiger partial charge is 0.338 e. The third kappa shape index (κ3) is 4.11. The Bertz CT molecular complexity index is 687. The van der Waals surface area contributed by atoms with Gasteiger partial charge in [0, 0.05) is 7.05 Å². The highest BCUT2D eigenvalue weighted by molar-refractivity contribution is 5.92. The first-order chi connectivity index (χ1) is 11.9. The SMILES string of the molecule is COc1cc(C(=O)OCC(=O)N(C)C2(C#N)CCCCC2)ccc1C. The number of ether oxygens (including phenoxy) is 2. The second-order valence-electron chi connectivity index (χ2n) is 6.42. The van der Waals surface area contributed by atoms with Gasteiger partial charge in [0.2, 0.25) is 0 Å². The Kier molecular flexibility index (Phi) is 6.02. The molecule has 1 aromatic carbocycles. The minimum atomic E-state index is -0.783. The second-order valence-corrected chi connectivity index (χ2v) is 6.42. The number of hydrogen-bond acceptors (Lipinski definition) is 5. The van der Waals surface area contributed by atoms with E-state index in [0.29, 0.717) is 24.2 Å². The lowest BCUT2D eigenvalue weighted by molar-refractivity contribution is -0.138. The lowest BCUT2D eigenvalue weighted by atomic mass is 9.81. The van der Waals surface area contributed by atoms with E-state index in [9.17, 15) is 14.9 Å². The molecule has 2 rings (SSSR count). The van der Waals surface area contributed by atoms with Gasteiger partial charge >= 0.3 is 5.97 Å². The lowest BCUT2D eigenvalue weighted by Gasteiger charge is -2.38. The number of nitrogens with zero attached hydrogens (tertiary/aromatic N) is 2. The molecule has 1 fully saturated rings. The molecule has 0 atom stereocenters. The largest absolute Gasteiger partial charge is 0.496 e. The summed E-state index contributed by atoms with van der Waals surface area (Å²) in [4.78, 5) is 26.0. The van der Waals surface area contributed by atoms with Crippen molar-refractivity contribution in [2.24, 2.45) is 0 Å². The van der Waals surface area contributed by atoms with Crippen molar-refractivity contribution in [3.63, 3.8) is 0 Å². The topological polar surface area (TPSA) is 79.6 Å². The second kappa shape index (κ2) is 8.02. The Hall–Kier alpha value is -2.55. The fourth-order valence-corrected chi connectivity index (χ4v) is 3.15. The molecule has 0 spiro atoms. The third-order valence-electron chi connectivity index (χ3n) is 4.88. The van der Waals surface area contributed by atoms with E-state index in [0.717, 1.165) is 24.8 Å². The van der Waals surface area contributed by atoms with Crippen LogP contribution in [0.25, 0.3) is 0 Å². The summed E-state index contributed by atoms with van der Waals surface area (Å²) in [7, 11) is 3.14. The van der Waals surface area contributed by atoms with Crippen LogP contribution in [0.15, 0.2) is 18.2 Å². The van der Waals surface area contributed by atoms with Crippen LogP contribution in [0.3, 0.4) is 0 Å². The molecule has 0 N–H and O–H groups in total. The Morgan fingerprint density at radius 1 is 1.28 bits per heavy atom. The molecule has 1 aliphatic carbocycles. The standard InChI is InChI=1S/C19H24N2O4/c1-14-7-8-15(11-16(14)24-3)18(23)25-12-17(22)21(2)19(13-20)9-5-4-6-10-19/h7-8,11H,4-6,9-10,12H2,1-3H3. The van der Waals surface area contributed by atoms with Crippen LogP contribution < -0.4 is 4.74 Å². The highest BCUT2D eigenvalue weighted by Gasteiger charge is 2.39. The first-order valence-electron chi connectivity index (χ1n) is 8.43. The monoisotopic (exact) mass is 344 g/mol. The molecule has 0 unspecified atom stereocenters. The summed E-state index contributed by atoms with van der Waals surface area (Å²) < 4.78 is 10.3. The quantitative estimate of drug-likeness (QED) is 0.767. The maximum absolute atomic E-state index is 12.4. The molecule has 1 aliphatic rings. The summed E-state index contributed by atoms with van der Waals surface area (Å²) >= 11 is 0. The number of likely N-dealkylation sites (N-methyl/N-ethyl adjacent to an activating group) is 1. The summed E-state index contributed by atoms with van der Waals surface area (Å²) in [6.07, 6.45) is 4.25. The molecule has 0 saturated heterocycles. The summed E-state index contributed by atoms with van der Waals surface area (Å²) in [5.74, 6) is -0.367. The Balaban J connectivity index is 1.99. The molecule has 0 bridgehead atoms. The molecule has 6 heteroatoms. The number of amides is 1. The summed E-state index contributed by atoms with van der Waals surface area (Å²) in [5, 5.41) is 9.53. The molecule has 1 amide bonds. The fraction of sp³-hybridized carbons (Fsp3) is 0.526. The van der Waals surface area contributed by atoms with Gasteiger partial charge in [-0.2, -0.15) is 5.26 Å². The molecular weight excluding hydrogens is 320 g/mol. The zero-order chi connectivity index (χ0) is 18.4. The van der Waals surface area contributed by atoms with Crippen molar-refractivity contribution in [1.29, 1.82) is 5.26 Å². The van der Waals surface area contributed by atoms with E-state index in [1.54, 1.807) is 25.2 Å². The molecule has 0 heterocycles. The predicted molar refractivity (Wildman–Crippen MR) is 92.2 cm³/mol. The molecular formula is C19H24N2O4. The summed E-state index contributed by atoms with van der Waals surface area (Å²) in [5.41, 5.74) is 0.447. The van der Waals surface area contributed by atoms with Gasteiger partial charge in [-0.05, 0) is 37.5 Å². The van der Waals surface area contributed by atoms with Crippen molar-refractivity contribution in [3.8, 4) is 11.8 Å². The zero-order valence-corrected chi connectivity index (χ0v) is 15.0. The Morgan fingerprint density at radius 3 is 2.56 bits per heavy atom. The van der Waals surface area contributed by atoms with E-state index in [2.05, 4.69) is 6.07 Å². The number of nitriles is 1. The van der Waals surface area contributed by atoms with Gasteiger partial charge in [-0.3, -0.25) is 4.79 Å². The van der Waals surface area contributed by atoms with Crippen LogP contribution in [0.4, 0.5) is 0 Å². The molecule has 134 valence electrons. The summed E-state index contributed by atoms with van der Waals surface area (Å²) in [6, 6.07) is 7.27. The number of esters is 1. The average Bonchev–Trinajstić information content (AvgIpc) is 2.66. The number of aryl methyl sites for hydroxylation is 1. The van der Waals surface area contributed by atoms with Gasteiger partial charge in [0.25, 0.3) is 5.91 Å². The van der Waals surface area contributed by atoms with Crippen molar-refractivity contribution in [2.75, 3.05) is 20.8 Å². The number of methoxy groups -OCH3 is 1. The van der Waals surface area contributed by atoms with Crippen LogP contribution in [-0.4, -0.2) is 43.1 Å². The van der Waals surface area contributed by atoms with E-state index >= 15 is 0 Å². The van der Waals surface area contributed by atoms with Crippen molar-refractivity contribution in [1.82, 2.24) is 4.90 Å². The van der Waals surface area contributed by atoms with Gasteiger partial charge in [0.05, 0.1) is 18.7 Å². The predicted octanol–water partition coefficient (Wildman–Crippen LogP) is 2.85. The van der Waals surface area contributed by atoms with Crippen molar-refractivity contribution < 1.29 is 19.1 Å². The van der Waals surface area contributed by atoms with Crippen molar-refractivity contribution in [3.05, 3.63) is 29.3 Å². The highest BCUT2D eigenvalue weighted by Crippen LogP contribution is 2.32. The van der Waals surface area contributed by atoms with Gasteiger partial charge in [-0.25, -0.2) is 4.79 Å². The van der Waals surface area contributed by atoms with Gasteiger partial charge in [-0.15, -0.1) is 0 Å². The zero-order valence-electron chi connectivity index (χ0n) is 15.0. The normalized spacial score (nSPS) is 15.8. The molecule has 25 heavy (non-hydrogen) atoms. The van der Waals surface area contributed by atoms with E-state index in [-0.39, 0.29) is 12.5 Å². The number of carbonyl (C=O) groups excluding carboxylic acids is 2. The minimum absolute atomic E-state index is 0.325. The van der Waals surface area contributed by atoms with Gasteiger partial charge in [0.15, 0.2) is 6.61 Å². The fourth-order valence-electron chi connectivity index (χ4n) is 3.15. The van der Waals surface area contributed by atoms with Gasteiger partial charge < -0.3 is 14.4 Å². The molecule has 0 aliphatic heterocycles. The van der Waals surface area contributed by atoms with Crippen LogP contribution in [0.5, 0.6) is 5.75 Å². The first kappa shape index (κ1) is 18.8. The Labute approximate surface area is 148 Å². The number of rotatable bonds is 5. The van der Waals surface area contributed by atoms with Gasteiger partial charge in [-0.1, -0.05) is 25.3 Å². The molecule has 0 aromatic heterocycles. The summed E-state index contributed by atoms with van der Waals surface area (Å²) in [6.45, 7) is 1.49. The van der Waals surface area contributed by atoms with E-state index in [1.165, 1.54) is 12.0 Å². The molecule has 1 saturated carbocycles. The Morgan fingerprint density at radius 2 is 1.96 bits per heavy atom. The highest BCUT2D eigenvalue weighted by atomic mass is 16.5. The van der Waals surface area contributed by atoms with Crippen LogP contribution >= 0.6 is 0 Å². The number of benzene rings is 1. The molecule has 0 radical (unpaired) electrons. The molecule has 6 nitrogen and oxygen atoms in total. The number of carbonyl (C=O) groups is 2. The van der Waals surface area contributed by atoms with Gasteiger partial charge in [0.1, 0.15) is 11.3 Å². The van der Waals surface area contributed by atoms with E-state index in [1.807, 2.05) is 6.92 Å². The van der Waals surface area contributed by atoms with Crippen molar-refractivity contribution >= 4 is 11.9 Å². The van der Waals surface area contributed by atoms with Crippen LogP contribution in [-0.2, 0) is 9.53 Å². The average molecular weight is 344 g/mol. The van der Waals surface area contributed by atoms with Crippen LogP contribution in [0.1, 0.15) is 48.0 Å². The lowest BCUT2D eigenvalue weighted by Crippen LogP contribution is -2.51. The van der Waals surface area contributed by atoms with Crippen LogP contribution in [0.2, 0.25) is 0 Å². The van der Waals surface area contributed by atoms with Crippen LogP contribution in [0, 0.1) is 18.3 Å². The first-order valence-corrected chi connectivity index (χ1v) is 8.43. The van der Waals surface area contributed by atoms with Crippen molar-refractivity contribution in [2.45, 2.75) is 44.6 Å². The number of hydrogen-bond donors (Lipinski definition) is 0. The maximum atomic E-state index is 12.4. The maximum Gasteiger partial charge on any atom is 0.338 e. The van der Waals surface area contributed by atoms with E-state index < -0.39 is 11.5 Å². The molecule has 1 aromatic rings. The third-order valence-corrected chi connectivity index (χ3v) is 4.88. The van der Waals surface area contributed by atoms with E-state index in [4.69, 9.17) is 9.47 Å². The minimum Gasteiger partial charge on any atom is -0.496 e.